The lowest BCUT2D eigenvalue weighted by atomic mass is 9.97. The lowest BCUT2D eigenvalue weighted by Crippen LogP contribution is -2.27. The topological polar surface area (TPSA) is 68.3 Å². The van der Waals surface area contributed by atoms with Gasteiger partial charge in [0.05, 0.1) is 5.52 Å². The Hall–Kier alpha value is -2.86. The number of imide groups is 1. The second kappa shape index (κ2) is 6.88. The Labute approximate surface area is 172 Å². The molecule has 1 N–H and O–H groups in total. The minimum absolute atomic E-state index is 0.0718. The number of amides is 2. The van der Waals surface area contributed by atoms with E-state index in [9.17, 15) is 9.59 Å². The number of fused-ring (bicyclic) bond motifs is 2. The van der Waals surface area contributed by atoms with Crippen LogP contribution in [0.15, 0.2) is 42.6 Å². The van der Waals surface area contributed by atoms with Crippen LogP contribution in [-0.4, -0.2) is 21.4 Å². The van der Waals surface area contributed by atoms with Gasteiger partial charge in [-0.05, 0) is 73.2 Å². The van der Waals surface area contributed by atoms with Crippen LogP contribution in [-0.2, 0) is 11.2 Å². The number of carbonyl (C=O) groups excluding carboxylic acids is 2. The quantitative estimate of drug-likeness (QED) is 0.663. The van der Waals surface area contributed by atoms with Crippen LogP contribution < -0.4 is 10.1 Å². The van der Waals surface area contributed by atoms with E-state index in [4.69, 9.17) is 4.74 Å². The highest BCUT2D eigenvalue weighted by molar-refractivity contribution is 8.15. The fourth-order valence-electron chi connectivity index (χ4n) is 4.44. The number of hydrogen-bond donors (Lipinski definition) is 1. The Morgan fingerprint density at radius 2 is 2.00 bits per heavy atom. The van der Waals surface area contributed by atoms with Crippen molar-refractivity contribution in [1.29, 1.82) is 0 Å². The van der Waals surface area contributed by atoms with Crippen LogP contribution in [0.25, 0.3) is 10.9 Å². The number of pyridine rings is 1. The number of benzene rings is 2. The number of thioether (sulfide) groups is 1. The molecule has 1 fully saturated rings. The van der Waals surface area contributed by atoms with Crippen molar-refractivity contribution in [2.75, 3.05) is 0 Å². The minimum atomic E-state index is -0.328. The van der Waals surface area contributed by atoms with Gasteiger partial charge in [-0.1, -0.05) is 23.9 Å². The first-order chi connectivity index (χ1) is 14.0. The number of nitrogens with one attached hydrogen (secondary N) is 1. The van der Waals surface area contributed by atoms with Gasteiger partial charge in [0.2, 0.25) is 5.91 Å². The summed E-state index contributed by atoms with van der Waals surface area (Å²) in [4.78, 5) is 28.1. The number of rotatable bonds is 3. The normalized spacial score (nSPS) is 20.8. The zero-order chi connectivity index (χ0) is 20.1. The first-order valence-electron chi connectivity index (χ1n) is 9.68. The molecule has 0 bridgehead atoms. The van der Waals surface area contributed by atoms with Crippen LogP contribution in [0, 0.1) is 13.8 Å². The zero-order valence-corrected chi connectivity index (χ0v) is 17.0. The smallest absolute Gasteiger partial charge is 0.286 e. The third kappa shape index (κ3) is 3.17. The van der Waals surface area contributed by atoms with Crippen molar-refractivity contribution in [3.05, 3.63) is 64.8 Å². The molecule has 2 atom stereocenters. The molecule has 6 heteroatoms. The maximum absolute atomic E-state index is 12.1. The van der Waals surface area contributed by atoms with Gasteiger partial charge in [0.15, 0.2) is 0 Å². The molecule has 3 aromatic rings. The van der Waals surface area contributed by atoms with E-state index >= 15 is 0 Å². The summed E-state index contributed by atoms with van der Waals surface area (Å²) in [6.07, 6.45) is 3.52. The van der Waals surface area contributed by atoms with Gasteiger partial charge in [0.1, 0.15) is 16.7 Å². The van der Waals surface area contributed by atoms with Gasteiger partial charge in [0, 0.05) is 17.5 Å². The molecule has 2 amide bonds. The molecule has 2 aliphatic rings. The molecular weight excluding hydrogens is 384 g/mol. The Kier molecular flexibility index (Phi) is 4.32. The van der Waals surface area contributed by atoms with Gasteiger partial charge in [-0.3, -0.25) is 19.9 Å². The molecule has 1 aliphatic carbocycles. The van der Waals surface area contributed by atoms with E-state index in [1.165, 1.54) is 11.1 Å². The summed E-state index contributed by atoms with van der Waals surface area (Å²) in [5.41, 5.74) is 5.58. The molecule has 0 radical (unpaired) electrons. The maximum atomic E-state index is 12.1. The highest BCUT2D eigenvalue weighted by Gasteiger charge is 2.41. The van der Waals surface area contributed by atoms with Gasteiger partial charge in [-0.25, -0.2) is 0 Å². The number of hydrogen-bond acceptors (Lipinski definition) is 5. The summed E-state index contributed by atoms with van der Waals surface area (Å²) in [6, 6.07) is 12.2. The molecule has 5 rings (SSSR count). The van der Waals surface area contributed by atoms with Crippen molar-refractivity contribution in [3.63, 3.8) is 0 Å². The number of aryl methyl sites for hydroxylation is 3. The first-order valence-corrected chi connectivity index (χ1v) is 10.6. The van der Waals surface area contributed by atoms with Crippen LogP contribution in [0.1, 0.15) is 34.6 Å². The first kappa shape index (κ1) is 18.2. The third-order valence-electron chi connectivity index (χ3n) is 5.69. The van der Waals surface area contributed by atoms with Crippen LogP contribution in [0.5, 0.6) is 11.5 Å². The average molecular weight is 404 g/mol. The maximum Gasteiger partial charge on any atom is 0.286 e. The highest BCUT2D eigenvalue weighted by atomic mass is 32.2. The van der Waals surface area contributed by atoms with Gasteiger partial charge >= 0.3 is 0 Å². The van der Waals surface area contributed by atoms with Gasteiger partial charge in [-0.15, -0.1) is 0 Å². The second-order valence-corrected chi connectivity index (χ2v) is 8.82. The van der Waals surface area contributed by atoms with Crippen LogP contribution >= 0.6 is 11.8 Å². The van der Waals surface area contributed by atoms with E-state index in [0.29, 0.717) is 0 Å². The molecule has 2 heterocycles. The molecule has 29 heavy (non-hydrogen) atoms. The van der Waals surface area contributed by atoms with Crippen LogP contribution in [0.2, 0.25) is 0 Å². The van der Waals surface area contributed by atoms with Crippen molar-refractivity contribution >= 4 is 33.8 Å². The van der Waals surface area contributed by atoms with E-state index in [1.54, 1.807) is 6.20 Å². The Balaban J connectivity index is 1.46. The minimum Gasteiger partial charge on any atom is -0.457 e. The SMILES string of the molecule is Cc1cc(C)c2nccc(Oc3ccc4c(c3)CC[C@H]4C3SC(=O)NC3=O)c2c1. The van der Waals surface area contributed by atoms with Gasteiger partial charge < -0.3 is 4.74 Å². The van der Waals surface area contributed by atoms with Gasteiger partial charge in [0.25, 0.3) is 5.24 Å². The Bertz CT molecular complexity index is 1170. The predicted octanol–water partition coefficient (Wildman–Crippen LogP) is 5.03. The largest absolute Gasteiger partial charge is 0.457 e. The van der Waals surface area contributed by atoms with Gasteiger partial charge in [-0.2, -0.15) is 0 Å². The van der Waals surface area contributed by atoms with Crippen LogP contribution in [0.4, 0.5) is 4.79 Å². The van der Waals surface area contributed by atoms with E-state index < -0.39 is 0 Å². The lowest BCUT2D eigenvalue weighted by molar-refractivity contribution is -0.119. The summed E-state index contributed by atoms with van der Waals surface area (Å²) in [5, 5.41) is 2.83. The van der Waals surface area contributed by atoms with E-state index in [1.807, 2.05) is 18.2 Å². The van der Waals surface area contributed by atoms with Crippen molar-refractivity contribution < 1.29 is 14.3 Å². The third-order valence-corrected chi connectivity index (χ3v) is 6.80. The number of ether oxygens (including phenoxy) is 1. The average Bonchev–Trinajstić information content (AvgIpc) is 3.24. The molecule has 1 unspecified atom stereocenters. The molecule has 0 spiro atoms. The van der Waals surface area contributed by atoms with E-state index in [0.717, 1.165) is 58.1 Å². The second-order valence-electron chi connectivity index (χ2n) is 7.71. The number of carbonyl (C=O) groups is 2. The van der Waals surface area contributed by atoms with E-state index in [-0.39, 0.29) is 22.3 Å². The summed E-state index contributed by atoms with van der Waals surface area (Å²) >= 11 is 1.11. The Morgan fingerprint density at radius 3 is 2.79 bits per heavy atom. The summed E-state index contributed by atoms with van der Waals surface area (Å²) in [5.74, 6) is 1.46. The fourth-order valence-corrected chi connectivity index (χ4v) is 5.45. The predicted molar refractivity (Wildman–Crippen MR) is 114 cm³/mol. The molecule has 5 nitrogen and oxygen atoms in total. The summed E-state index contributed by atoms with van der Waals surface area (Å²) in [7, 11) is 0. The number of nitrogens with zero attached hydrogens (tertiary/aromatic N) is 1. The zero-order valence-electron chi connectivity index (χ0n) is 16.2. The molecule has 1 aliphatic heterocycles. The summed E-state index contributed by atoms with van der Waals surface area (Å²) < 4.78 is 6.25. The lowest BCUT2D eigenvalue weighted by Gasteiger charge is -2.16. The van der Waals surface area contributed by atoms with Crippen LogP contribution in [0.3, 0.4) is 0 Å². The summed E-state index contributed by atoms with van der Waals surface area (Å²) in [6.45, 7) is 4.13. The molecule has 1 saturated heterocycles. The molecule has 2 aromatic carbocycles. The van der Waals surface area contributed by atoms with Crippen molar-refractivity contribution in [2.45, 2.75) is 37.9 Å². The molecule has 146 valence electrons. The number of aromatic nitrogens is 1. The molecular formula is C23H20N2O3S. The van der Waals surface area contributed by atoms with Crippen molar-refractivity contribution in [1.82, 2.24) is 10.3 Å². The standard InChI is InChI=1S/C23H20N2O3S/c1-12-9-13(2)20-18(10-12)19(7-8-24-20)28-15-4-6-16-14(11-15)3-5-17(16)21-22(26)25-23(27)29-21/h4,6-11,17,21H,3,5H2,1-2H3,(H,25,26,27)/t17-,21?/m1/s1. The van der Waals surface area contributed by atoms with E-state index in [2.05, 4.69) is 42.3 Å². The Morgan fingerprint density at radius 1 is 1.14 bits per heavy atom. The van der Waals surface area contributed by atoms with Crippen molar-refractivity contribution in [2.24, 2.45) is 0 Å². The monoisotopic (exact) mass is 404 g/mol. The molecule has 1 aromatic heterocycles. The molecule has 0 saturated carbocycles. The highest BCUT2D eigenvalue weighted by Crippen LogP contribution is 2.43. The fraction of sp³-hybridized carbons (Fsp3) is 0.261. The van der Waals surface area contributed by atoms with Crippen molar-refractivity contribution in [3.8, 4) is 11.5 Å².